The van der Waals surface area contributed by atoms with E-state index in [9.17, 15) is 4.79 Å². The van der Waals surface area contributed by atoms with Crippen molar-refractivity contribution in [1.82, 2.24) is 15.5 Å². The van der Waals surface area contributed by atoms with Crippen LogP contribution < -0.4 is 16.4 Å². The molecular formula is C11H19N5O. The van der Waals surface area contributed by atoms with E-state index in [1.165, 1.54) is 0 Å². The zero-order valence-corrected chi connectivity index (χ0v) is 10.4. The van der Waals surface area contributed by atoms with Crippen molar-refractivity contribution in [2.24, 2.45) is 11.1 Å². The molecule has 0 radical (unpaired) electrons. The van der Waals surface area contributed by atoms with Crippen LogP contribution in [0, 0.1) is 5.41 Å². The minimum Gasteiger partial charge on any atom is -0.368 e. The number of aromatic nitrogens is 2. The molecule has 17 heavy (non-hydrogen) atoms. The van der Waals surface area contributed by atoms with E-state index in [0.29, 0.717) is 24.6 Å². The average Bonchev–Trinajstić information content (AvgIpc) is 2.36. The lowest BCUT2D eigenvalue weighted by Gasteiger charge is -2.22. The summed E-state index contributed by atoms with van der Waals surface area (Å²) >= 11 is 0. The van der Waals surface area contributed by atoms with Gasteiger partial charge in [-0.05, 0) is 24.1 Å². The predicted octanol–water partition coefficient (Wildman–Crippen LogP) is 0.233. The molecule has 6 heteroatoms. The summed E-state index contributed by atoms with van der Waals surface area (Å²) in [4.78, 5) is 11.2. The summed E-state index contributed by atoms with van der Waals surface area (Å²) in [5.41, 5.74) is 5.93. The van der Waals surface area contributed by atoms with Gasteiger partial charge in [-0.2, -0.15) is 0 Å². The third kappa shape index (κ3) is 3.99. The number of nitrogens with one attached hydrogen (secondary N) is 2. The first-order valence-corrected chi connectivity index (χ1v) is 5.48. The molecule has 1 amide bonds. The van der Waals surface area contributed by atoms with Gasteiger partial charge in [-0.3, -0.25) is 4.79 Å². The highest BCUT2D eigenvalue weighted by atomic mass is 16.1. The van der Waals surface area contributed by atoms with Crippen LogP contribution in [0.2, 0.25) is 0 Å². The van der Waals surface area contributed by atoms with Crippen LogP contribution in [0.4, 0.5) is 5.82 Å². The van der Waals surface area contributed by atoms with E-state index in [4.69, 9.17) is 5.73 Å². The van der Waals surface area contributed by atoms with Gasteiger partial charge in [-0.1, -0.05) is 13.8 Å². The summed E-state index contributed by atoms with van der Waals surface area (Å²) in [6.07, 6.45) is 0. The summed E-state index contributed by atoms with van der Waals surface area (Å²) in [7, 11) is 1.56. The first kappa shape index (κ1) is 13.4. The van der Waals surface area contributed by atoms with E-state index >= 15 is 0 Å². The molecule has 0 saturated heterocycles. The predicted molar refractivity (Wildman–Crippen MR) is 66.7 cm³/mol. The Bertz CT molecular complexity index is 374. The molecule has 1 aromatic rings. The molecule has 0 aliphatic heterocycles. The summed E-state index contributed by atoms with van der Waals surface area (Å²) < 4.78 is 0. The zero-order valence-electron chi connectivity index (χ0n) is 10.4. The molecule has 0 spiro atoms. The van der Waals surface area contributed by atoms with Crippen LogP contribution in [-0.2, 0) is 0 Å². The third-order valence-electron chi connectivity index (χ3n) is 2.42. The number of rotatable bonds is 5. The maximum Gasteiger partial charge on any atom is 0.271 e. The number of hydrogen-bond acceptors (Lipinski definition) is 5. The summed E-state index contributed by atoms with van der Waals surface area (Å²) in [5, 5.41) is 13.4. The van der Waals surface area contributed by atoms with Gasteiger partial charge in [0.25, 0.3) is 5.91 Å². The molecule has 0 unspecified atom stereocenters. The molecule has 6 nitrogen and oxygen atoms in total. The van der Waals surface area contributed by atoms with Gasteiger partial charge >= 0.3 is 0 Å². The summed E-state index contributed by atoms with van der Waals surface area (Å²) in [5.74, 6) is 0.394. The first-order valence-electron chi connectivity index (χ1n) is 5.48. The van der Waals surface area contributed by atoms with Gasteiger partial charge in [0.2, 0.25) is 0 Å². The third-order valence-corrected chi connectivity index (χ3v) is 2.42. The average molecular weight is 237 g/mol. The van der Waals surface area contributed by atoms with Crippen LogP contribution in [0.1, 0.15) is 24.3 Å². The molecule has 1 heterocycles. The maximum atomic E-state index is 11.2. The lowest BCUT2D eigenvalue weighted by molar-refractivity contribution is 0.0957. The normalized spacial score (nSPS) is 11.1. The fourth-order valence-electron chi connectivity index (χ4n) is 1.08. The van der Waals surface area contributed by atoms with Crippen molar-refractivity contribution in [3.63, 3.8) is 0 Å². The van der Waals surface area contributed by atoms with Gasteiger partial charge in [0.15, 0.2) is 5.69 Å². The van der Waals surface area contributed by atoms with Gasteiger partial charge in [-0.15, -0.1) is 10.2 Å². The molecule has 94 valence electrons. The van der Waals surface area contributed by atoms with E-state index in [1.54, 1.807) is 19.2 Å². The van der Waals surface area contributed by atoms with E-state index in [-0.39, 0.29) is 11.3 Å². The molecule has 0 fully saturated rings. The maximum absolute atomic E-state index is 11.2. The van der Waals surface area contributed by atoms with Gasteiger partial charge in [0.05, 0.1) is 0 Å². The van der Waals surface area contributed by atoms with Gasteiger partial charge in [0.1, 0.15) is 5.82 Å². The smallest absolute Gasteiger partial charge is 0.271 e. The Kier molecular flexibility index (Phi) is 4.39. The molecule has 0 atom stereocenters. The second-order valence-electron chi connectivity index (χ2n) is 4.60. The molecule has 0 saturated carbocycles. The summed E-state index contributed by atoms with van der Waals surface area (Å²) in [6.45, 7) is 5.42. The van der Waals surface area contributed by atoms with Crippen molar-refractivity contribution in [2.45, 2.75) is 13.8 Å². The Hall–Kier alpha value is -1.69. The number of carbonyl (C=O) groups excluding carboxylic acids is 1. The number of carbonyl (C=O) groups is 1. The highest BCUT2D eigenvalue weighted by molar-refractivity contribution is 5.91. The number of amides is 1. The molecule has 0 aliphatic rings. The van der Waals surface area contributed by atoms with Gasteiger partial charge < -0.3 is 16.4 Å². The molecule has 0 aliphatic carbocycles. The van der Waals surface area contributed by atoms with Crippen LogP contribution in [0.25, 0.3) is 0 Å². The quantitative estimate of drug-likeness (QED) is 0.682. The molecule has 1 rings (SSSR count). The van der Waals surface area contributed by atoms with E-state index in [2.05, 4.69) is 34.7 Å². The zero-order chi connectivity index (χ0) is 12.9. The monoisotopic (exact) mass is 237 g/mol. The van der Waals surface area contributed by atoms with Gasteiger partial charge in [0, 0.05) is 13.6 Å². The lowest BCUT2D eigenvalue weighted by Crippen LogP contribution is -2.31. The number of anilines is 1. The van der Waals surface area contributed by atoms with Crippen molar-refractivity contribution in [3.05, 3.63) is 17.8 Å². The van der Waals surface area contributed by atoms with Crippen molar-refractivity contribution >= 4 is 11.7 Å². The van der Waals surface area contributed by atoms with Crippen LogP contribution >= 0.6 is 0 Å². The minimum atomic E-state index is -0.244. The number of hydrogen-bond donors (Lipinski definition) is 3. The molecule has 1 aromatic heterocycles. The Balaban J connectivity index is 2.60. The van der Waals surface area contributed by atoms with Crippen LogP contribution in [0.5, 0.6) is 0 Å². The second-order valence-corrected chi connectivity index (χ2v) is 4.60. The Morgan fingerprint density at radius 1 is 1.41 bits per heavy atom. The number of nitrogens with two attached hydrogens (primary N) is 1. The van der Waals surface area contributed by atoms with Crippen LogP contribution in [0.3, 0.4) is 0 Å². The van der Waals surface area contributed by atoms with Crippen molar-refractivity contribution < 1.29 is 4.79 Å². The Labute approximate surface area is 101 Å². The lowest BCUT2D eigenvalue weighted by atomic mass is 9.94. The van der Waals surface area contributed by atoms with Gasteiger partial charge in [-0.25, -0.2) is 0 Å². The molecule has 0 aromatic carbocycles. The van der Waals surface area contributed by atoms with E-state index in [1.807, 2.05) is 0 Å². The topological polar surface area (TPSA) is 92.9 Å². The Morgan fingerprint density at radius 3 is 2.59 bits per heavy atom. The second kappa shape index (κ2) is 5.58. The minimum absolute atomic E-state index is 0.00114. The van der Waals surface area contributed by atoms with Crippen molar-refractivity contribution in [3.8, 4) is 0 Å². The summed E-state index contributed by atoms with van der Waals surface area (Å²) in [6, 6.07) is 3.35. The number of nitrogens with zero attached hydrogens (tertiary/aromatic N) is 2. The SMILES string of the molecule is CNC(=O)c1ccc(NCC(C)(C)CN)nn1. The van der Waals surface area contributed by atoms with Crippen molar-refractivity contribution in [1.29, 1.82) is 0 Å². The largest absolute Gasteiger partial charge is 0.368 e. The van der Waals surface area contributed by atoms with E-state index in [0.717, 1.165) is 0 Å². The molecular weight excluding hydrogens is 218 g/mol. The Morgan fingerprint density at radius 2 is 2.12 bits per heavy atom. The highest BCUT2D eigenvalue weighted by Gasteiger charge is 2.15. The first-order chi connectivity index (χ1) is 7.98. The highest BCUT2D eigenvalue weighted by Crippen LogP contribution is 2.13. The molecule has 4 N–H and O–H groups in total. The standard InChI is InChI=1S/C11H19N5O/c1-11(2,6-12)7-14-9-5-4-8(15-16-9)10(17)13-3/h4-5H,6-7,12H2,1-3H3,(H,13,17)(H,14,16). The van der Waals surface area contributed by atoms with Crippen LogP contribution in [-0.4, -0.2) is 36.2 Å². The molecule has 0 bridgehead atoms. The fraction of sp³-hybridized carbons (Fsp3) is 0.545. The fourth-order valence-corrected chi connectivity index (χ4v) is 1.08. The van der Waals surface area contributed by atoms with E-state index < -0.39 is 0 Å². The van der Waals surface area contributed by atoms with Crippen molar-refractivity contribution in [2.75, 3.05) is 25.5 Å². The van der Waals surface area contributed by atoms with Crippen LogP contribution in [0.15, 0.2) is 12.1 Å².